The van der Waals surface area contributed by atoms with Crippen LogP contribution in [0.1, 0.15) is 38.8 Å². The van der Waals surface area contributed by atoms with Crippen molar-refractivity contribution in [2.45, 2.75) is 45.8 Å². The molecule has 0 spiro atoms. The van der Waals surface area contributed by atoms with Gasteiger partial charge in [-0.05, 0) is 38.0 Å². The minimum atomic E-state index is -0.174. The van der Waals surface area contributed by atoms with Crippen LogP contribution in [-0.4, -0.2) is 47.5 Å². The standard InChI is InChI=1S/C19H26N6O3/c1-4-13(9-26)22-19-23-17(16-18(24-19)25(10-21-16)11(2)3)20-8-12-5-6-14(27)15(28)7-12/h5-7,10-11,13,26-28H,4,8-9H2,1-3H3,(H2,20,22,23,24). The highest BCUT2D eigenvalue weighted by Crippen LogP contribution is 2.27. The average Bonchev–Trinajstić information content (AvgIpc) is 3.11. The lowest BCUT2D eigenvalue weighted by atomic mass is 10.2. The highest BCUT2D eigenvalue weighted by atomic mass is 16.3. The van der Waals surface area contributed by atoms with Crippen LogP contribution in [0.5, 0.6) is 11.5 Å². The molecule has 0 fully saturated rings. The Morgan fingerprint density at radius 1 is 1.14 bits per heavy atom. The van der Waals surface area contributed by atoms with Crippen molar-refractivity contribution in [3.05, 3.63) is 30.1 Å². The summed E-state index contributed by atoms with van der Waals surface area (Å²) in [7, 11) is 0. The van der Waals surface area contributed by atoms with Gasteiger partial charge in [0.25, 0.3) is 0 Å². The van der Waals surface area contributed by atoms with Gasteiger partial charge in [0.05, 0.1) is 19.0 Å². The predicted octanol–water partition coefficient (Wildman–Crippen LogP) is 2.61. The number of phenols is 2. The van der Waals surface area contributed by atoms with Crippen molar-refractivity contribution in [2.24, 2.45) is 0 Å². The monoisotopic (exact) mass is 386 g/mol. The SMILES string of the molecule is CCC(CO)Nc1nc(NCc2ccc(O)c(O)c2)c2ncn(C(C)C)c2n1. The second-order valence-corrected chi connectivity index (χ2v) is 6.92. The van der Waals surface area contributed by atoms with Crippen LogP contribution in [0.2, 0.25) is 0 Å². The fraction of sp³-hybridized carbons (Fsp3) is 0.421. The molecule has 2 aromatic heterocycles. The Morgan fingerprint density at radius 3 is 2.57 bits per heavy atom. The Balaban J connectivity index is 1.95. The smallest absolute Gasteiger partial charge is 0.227 e. The van der Waals surface area contributed by atoms with E-state index in [2.05, 4.69) is 25.6 Å². The number of aromatic nitrogens is 4. The summed E-state index contributed by atoms with van der Waals surface area (Å²) >= 11 is 0. The van der Waals surface area contributed by atoms with Crippen molar-refractivity contribution in [1.29, 1.82) is 0 Å². The average molecular weight is 386 g/mol. The largest absolute Gasteiger partial charge is 0.504 e. The van der Waals surface area contributed by atoms with E-state index in [1.54, 1.807) is 12.4 Å². The molecule has 0 radical (unpaired) electrons. The van der Waals surface area contributed by atoms with E-state index < -0.39 is 0 Å². The molecule has 9 nitrogen and oxygen atoms in total. The third-order valence-corrected chi connectivity index (χ3v) is 4.52. The van der Waals surface area contributed by atoms with Crippen LogP contribution in [0.15, 0.2) is 24.5 Å². The topological polar surface area (TPSA) is 128 Å². The van der Waals surface area contributed by atoms with E-state index in [1.807, 2.05) is 25.3 Å². The predicted molar refractivity (Wildman–Crippen MR) is 108 cm³/mol. The maximum atomic E-state index is 9.68. The summed E-state index contributed by atoms with van der Waals surface area (Å²) in [5, 5.41) is 35.0. The van der Waals surface area contributed by atoms with Gasteiger partial charge < -0.3 is 30.5 Å². The lowest BCUT2D eigenvalue weighted by molar-refractivity contribution is 0.271. The van der Waals surface area contributed by atoms with Gasteiger partial charge in [0.15, 0.2) is 28.5 Å². The van der Waals surface area contributed by atoms with E-state index in [-0.39, 0.29) is 30.2 Å². The number of phenolic OH excluding ortho intramolecular Hbond substituents is 2. The second kappa shape index (κ2) is 8.30. The van der Waals surface area contributed by atoms with E-state index in [1.165, 1.54) is 12.1 Å². The van der Waals surface area contributed by atoms with Crippen LogP contribution in [0, 0.1) is 0 Å². The van der Waals surface area contributed by atoms with Gasteiger partial charge in [-0.3, -0.25) is 0 Å². The highest BCUT2D eigenvalue weighted by molar-refractivity contribution is 5.84. The van der Waals surface area contributed by atoms with Crippen molar-refractivity contribution in [3.8, 4) is 11.5 Å². The summed E-state index contributed by atoms with van der Waals surface area (Å²) in [4.78, 5) is 13.6. The number of benzene rings is 1. The molecule has 1 aromatic carbocycles. The molecule has 0 aliphatic carbocycles. The molecule has 0 amide bonds. The van der Waals surface area contributed by atoms with E-state index in [9.17, 15) is 15.3 Å². The van der Waals surface area contributed by atoms with Gasteiger partial charge in [0.1, 0.15) is 0 Å². The van der Waals surface area contributed by atoms with Gasteiger partial charge in [-0.15, -0.1) is 0 Å². The molecule has 150 valence electrons. The first-order valence-electron chi connectivity index (χ1n) is 9.29. The molecule has 0 bridgehead atoms. The number of imidazole rings is 1. The minimum Gasteiger partial charge on any atom is -0.504 e. The number of fused-ring (bicyclic) bond motifs is 1. The summed E-state index contributed by atoms with van der Waals surface area (Å²) in [6, 6.07) is 4.68. The fourth-order valence-electron chi connectivity index (χ4n) is 2.81. The third-order valence-electron chi connectivity index (χ3n) is 4.52. The van der Waals surface area contributed by atoms with Crippen molar-refractivity contribution in [1.82, 2.24) is 19.5 Å². The van der Waals surface area contributed by atoms with E-state index >= 15 is 0 Å². The van der Waals surface area contributed by atoms with Gasteiger partial charge >= 0.3 is 0 Å². The number of nitrogens with one attached hydrogen (secondary N) is 2. The summed E-state index contributed by atoms with van der Waals surface area (Å²) < 4.78 is 1.96. The highest BCUT2D eigenvalue weighted by Gasteiger charge is 2.16. The summed E-state index contributed by atoms with van der Waals surface area (Å²) in [6.45, 7) is 6.43. The molecule has 9 heteroatoms. The quantitative estimate of drug-likeness (QED) is 0.374. The van der Waals surface area contributed by atoms with Gasteiger partial charge in [0.2, 0.25) is 5.95 Å². The molecule has 28 heavy (non-hydrogen) atoms. The first-order valence-corrected chi connectivity index (χ1v) is 9.29. The number of aromatic hydroxyl groups is 2. The Kier molecular flexibility index (Phi) is 5.84. The molecule has 5 N–H and O–H groups in total. The molecule has 0 saturated carbocycles. The number of anilines is 2. The lowest BCUT2D eigenvalue weighted by Gasteiger charge is -2.16. The maximum absolute atomic E-state index is 9.68. The maximum Gasteiger partial charge on any atom is 0.227 e. The molecule has 1 unspecified atom stereocenters. The van der Waals surface area contributed by atoms with Gasteiger partial charge in [-0.25, -0.2) is 4.98 Å². The van der Waals surface area contributed by atoms with Crippen LogP contribution >= 0.6 is 0 Å². The number of aliphatic hydroxyl groups is 1. The fourth-order valence-corrected chi connectivity index (χ4v) is 2.81. The normalized spacial score (nSPS) is 12.5. The van der Waals surface area contributed by atoms with Gasteiger partial charge in [0, 0.05) is 12.6 Å². The number of hydrogen-bond acceptors (Lipinski definition) is 8. The number of rotatable bonds is 8. The first kappa shape index (κ1) is 19.7. The number of nitrogens with zero attached hydrogens (tertiary/aromatic N) is 4. The molecule has 1 atom stereocenters. The molecular formula is C19H26N6O3. The van der Waals surface area contributed by atoms with Crippen molar-refractivity contribution >= 4 is 22.9 Å². The Labute approximate surface area is 163 Å². The zero-order valence-electron chi connectivity index (χ0n) is 16.2. The number of aliphatic hydroxyl groups excluding tert-OH is 1. The van der Waals surface area contributed by atoms with Gasteiger partial charge in [-0.2, -0.15) is 9.97 Å². The second-order valence-electron chi connectivity index (χ2n) is 6.92. The zero-order valence-corrected chi connectivity index (χ0v) is 16.2. The summed E-state index contributed by atoms with van der Waals surface area (Å²) in [5.41, 5.74) is 2.11. The Hall–Kier alpha value is -3.07. The van der Waals surface area contributed by atoms with Crippen LogP contribution in [0.25, 0.3) is 11.2 Å². The Morgan fingerprint density at radius 2 is 1.93 bits per heavy atom. The first-order chi connectivity index (χ1) is 13.4. The van der Waals surface area contributed by atoms with E-state index in [4.69, 9.17) is 0 Å². The van der Waals surface area contributed by atoms with Crippen LogP contribution in [-0.2, 0) is 6.54 Å². The molecular weight excluding hydrogens is 360 g/mol. The van der Waals surface area contributed by atoms with Crippen molar-refractivity contribution < 1.29 is 15.3 Å². The van der Waals surface area contributed by atoms with Crippen LogP contribution in [0.4, 0.5) is 11.8 Å². The zero-order chi connectivity index (χ0) is 20.3. The third kappa shape index (κ3) is 4.09. The van der Waals surface area contributed by atoms with Crippen LogP contribution < -0.4 is 10.6 Å². The molecule has 0 aliphatic heterocycles. The number of hydrogen-bond donors (Lipinski definition) is 5. The van der Waals surface area contributed by atoms with E-state index in [0.717, 1.165) is 12.0 Å². The molecule has 0 saturated heterocycles. The summed E-state index contributed by atoms with van der Waals surface area (Å²) in [6.07, 6.45) is 2.46. The van der Waals surface area contributed by atoms with Crippen LogP contribution in [0.3, 0.4) is 0 Å². The van der Waals surface area contributed by atoms with Gasteiger partial charge in [-0.1, -0.05) is 13.0 Å². The van der Waals surface area contributed by atoms with Crippen molar-refractivity contribution in [2.75, 3.05) is 17.2 Å². The van der Waals surface area contributed by atoms with Crippen molar-refractivity contribution in [3.63, 3.8) is 0 Å². The Bertz CT molecular complexity index is 952. The molecule has 3 aromatic rings. The van der Waals surface area contributed by atoms with E-state index in [0.29, 0.717) is 29.5 Å². The minimum absolute atomic E-state index is 0.0170. The summed E-state index contributed by atoms with van der Waals surface area (Å²) in [5.74, 6) is 0.622. The molecule has 2 heterocycles. The molecule has 0 aliphatic rings. The molecule has 3 rings (SSSR count). The lowest BCUT2D eigenvalue weighted by Crippen LogP contribution is -2.24.